The molecule has 0 atom stereocenters. The van der Waals surface area contributed by atoms with Crippen LogP contribution in [0.2, 0.25) is 0 Å². The summed E-state index contributed by atoms with van der Waals surface area (Å²) in [6.07, 6.45) is 0. The summed E-state index contributed by atoms with van der Waals surface area (Å²) >= 11 is 0. The van der Waals surface area contributed by atoms with Crippen molar-refractivity contribution in [2.24, 2.45) is 0 Å². The van der Waals surface area contributed by atoms with Gasteiger partial charge in [0.2, 0.25) is 0 Å². The Kier molecular flexibility index (Phi) is 5.97. The maximum Gasteiger partial charge on any atom is 0.336 e. The van der Waals surface area contributed by atoms with Crippen LogP contribution in [-0.2, 0) is 16.1 Å². The van der Waals surface area contributed by atoms with Crippen LogP contribution in [-0.4, -0.2) is 25.5 Å². The number of carbonyl (C=O) groups excluding carboxylic acids is 2. The molecular weight excluding hydrogens is 374 g/mol. The number of methoxy groups -OCH3 is 1. The van der Waals surface area contributed by atoms with Crippen molar-refractivity contribution in [3.05, 3.63) is 75.1 Å². The number of aryl methyl sites for hydroxylation is 2. The molecule has 2 aromatic carbocycles. The molecule has 7 heteroatoms. The molecule has 3 aromatic rings. The van der Waals surface area contributed by atoms with Gasteiger partial charge in [-0.1, -0.05) is 0 Å². The van der Waals surface area contributed by atoms with E-state index in [-0.39, 0.29) is 13.2 Å². The molecule has 1 aromatic heterocycles. The van der Waals surface area contributed by atoms with E-state index in [0.29, 0.717) is 27.8 Å². The van der Waals surface area contributed by atoms with Crippen LogP contribution in [0.5, 0.6) is 5.75 Å². The highest BCUT2D eigenvalue weighted by Gasteiger charge is 2.12. The summed E-state index contributed by atoms with van der Waals surface area (Å²) in [5.41, 5.74) is 2.91. The monoisotopic (exact) mass is 395 g/mol. The van der Waals surface area contributed by atoms with Crippen LogP contribution < -0.4 is 15.7 Å². The van der Waals surface area contributed by atoms with E-state index < -0.39 is 17.5 Å². The number of esters is 1. The molecule has 0 aliphatic carbocycles. The van der Waals surface area contributed by atoms with Crippen LogP contribution in [0.3, 0.4) is 0 Å². The highest BCUT2D eigenvalue weighted by atomic mass is 16.5. The molecule has 0 unspecified atom stereocenters. The summed E-state index contributed by atoms with van der Waals surface area (Å²) < 4.78 is 15.5. The van der Waals surface area contributed by atoms with Crippen molar-refractivity contribution < 1.29 is 23.5 Å². The number of amides is 1. The molecule has 3 rings (SSSR count). The molecule has 1 amide bonds. The standard InChI is InChI=1S/C22H21NO6/c1-13-8-18-16(10-20(24)29-19(18)9-14(13)2)12-28-21(25)11-23-22(26)15-4-6-17(27-3)7-5-15/h4-10H,11-12H2,1-3H3,(H,23,26). The third-order valence-corrected chi connectivity index (χ3v) is 4.58. The highest BCUT2D eigenvalue weighted by molar-refractivity contribution is 5.96. The Labute approximate surface area is 167 Å². The number of hydrogen-bond acceptors (Lipinski definition) is 6. The molecule has 0 bridgehead atoms. The van der Waals surface area contributed by atoms with Crippen LogP contribution in [0, 0.1) is 13.8 Å². The van der Waals surface area contributed by atoms with Crippen molar-refractivity contribution >= 4 is 22.8 Å². The third-order valence-electron chi connectivity index (χ3n) is 4.58. The normalized spacial score (nSPS) is 10.6. The number of nitrogens with one attached hydrogen (secondary N) is 1. The fraction of sp³-hybridized carbons (Fsp3) is 0.227. The Morgan fingerprint density at radius 3 is 2.41 bits per heavy atom. The molecule has 29 heavy (non-hydrogen) atoms. The zero-order valence-electron chi connectivity index (χ0n) is 16.4. The molecule has 0 aliphatic heterocycles. The lowest BCUT2D eigenvalue weighted by atomic mass is 10.0. The van der Waals surface area contributed by atoms with Crippen LogP contribution in [0.15, 0.2) is 51.7 Å². The zero-order chi connectivity index (χ0) is 21.0. The van der Waals surface area contributed by atoms with Gasteiger partial charge in [-0.3, -0.25) is 9.59 Å². The predicted octanol–water partition coefficient (Wildman–Crippen LogP) is 2.89. The second-order valence-corrected chi connectivity index (χ2v) is 6.60. The number of ether oxygens (including phenoxy) is 2. The Hall–Kier alpha value is -3.61. The van der Waals surface area contributed by atoms with E-state index in [1.807, 2.05) is 19.9 Å². The molecule has 1 N–H and O–H groups in total. The van der Waals surface area contributed by atoms with Gasteiger partial charge in [-0.15, -0.1) is 0 Å². The summed E-state index contributed by atoms with van der Waals surface area (Å²) in [4.78, 5) is 35.9. The smallest absolute Gasteiger partial charge is 0.336 e. The summed E-state index contributed by atoms with van der Waals surface area (Å²) in [6, 6.07) is 11.5. The summed E-state index contributed by atoms with van der Waals surface area (Å²) in [7, 11) is 1.54. The van der Waals surface area contributed by atoms with Gasteiger partial charge >= 0.3 is 11.6 Å². The number of rotatable bonds is 6. The molecule has 0 aliphatic rings. The molecule has 0 fully saturated rings. The number of carbonyl (C=O) groups is 2. The van der Waals surface area contributed by atoms with Gasteiger partial charge in [0.1, 0.15) is 24.5 Å². The molecular formula is C22H21NO6. The van der Waals surface area contributed by atoms with E-state index in [0.717, 1.165) is 11.1 Å². The number of fused-ring (bicyclic) bond motifs is 1. The molecule has 0 spiro atoms. The molecule has 0 radical (unpaired) electrons. The average Bonchev–Trinajstić information content (AvgIpc) is 2.71. The van der Waals surface area contributed by atoms with E-state index in [4.69, 9.17) is 13.9 Å². The maximum atomic E-state index is 12.1. The minimum absolute atomic E-state index is 0.0954. The van der Waals surface area contributed by atoms with E-state index in [9.17, 15) is 14.4 Å². The average molecular weight is 395 g/mol. The second-order valence-electron chi connectivity index (χ2n) is 6.60. The van der Waals surface area contributed by atoms with Crippen molar-refractivity contribution in [2.75, 3.05) is 13.7 Å². The quantitative estimate of drug-likeness (QED) is 0.509. The lowest BCUT2D eigenvalue weighted by Gasteiger charge is -2.10. The van der Waals surface area contributed by atoms with Crippen LogP contribution in [0.4, 0.5) is 0 Å². The lowest BCUT2D eigenvalue weighted by Crippen LogP contribution is -2.30. The summed E-state index contributed by atoms with van der Waals surface area (Å²) in [5, 5.41) is 3.21. The van der Waals surface area contributed by atoms with Crippen LogP contribution in [0.25, 0.3) is 11.0 Å². The van der Waals surface area contributed by atoms with Crippen LogP contribution >= 0.6 is 0 Å². The SMILES string of the molecule is COc1ccc(C(=O)NCC(=O)OCc2cc(=O)oc3cc(C)c(C)cc23)cc1. The zero-order valence-corrected chi connectivity index (χ0v) is 16.4. The fourth-order valence-electron chi connectivity index (χ4n) is 2.81. The third kappa shape index (κ3) is 4.82. The molecule has 1 heterocycles. The highest BCUT2D eigenvalue weighted by Crippen LogP contribution is 2.22. The van der Waals surface area contributed by atoms with Crippen molar-refractivity contribution in [3.8, 4) is 5.75 Å². The minimum Gasteiger partial charge on any atom is -0.497 e. The number of benzene rings is 2. The first-order valence-electron chi connectivity index (χ1n) is 8.99. The largest absolute Gasteiger partial charge is 0.497 e. The number of hydrogen-bond donors (Lipinski definition) is 1. The van der Waals surface area contributed by atoms with Gasteiger partial charge in [-0.2, -0.15) is 0 Å². The first-order chi connectivity index (χ1) is 13.9. The predicted molar refractivity (Wildman–Crippen MR) is 107 cm³/mol. The van der Waals surface area contributed by atoms with E-state index in [1.165, 1.54) is 13.2 Å². The van der Waals surface area contributed by atoms with Gasteiger partial charge in [0.25, 0.3) is 5.91 Å². The van der Waals surface area contributed by atoms with E-state index >= 15 is 0 Å². The van der Waals surface area contributed by atoms with Gasteiger partial charge in [-0.25, -0.2) is 4.79 Å². The second kappa shape index (κ2) is 8.60. The lowest BCUT2D eigenvalue weighted by molar-refractivity contribution is -0.143. The first kappa shape index (κ1) is 20.1. The summed E-state index contributed by atoms with van der Waals surface area (Å²) in [5.74, 6) is -0.385. The van der Waals surface area contributed by atoms with Crippen molar-refractivity contribution in [2.45, 2.75) is 20.5 Å². The van der Waals surface area contributed by atoms with E-state index in [2.05, 4.69) is 5.32 Å². The maximum absolute atomic E-state index is 12.1. The topological polar surface area (TPSA) is 94.8 Å². The van der Waals surface area contributed by atoms with Gasteiger partial charge in [0.05, 0.1) is 7.11 Å². The molecule has 0 saturated carbocycles. The Morgan fingerprint density at radius 1 is 1.03 bits per heavy atom. The van der Waals surface area contributed by atoms with Crippen molar-refractivity contribution in [1.29, 1.82) is 0 Å². The van der Waals surface area contributed by atoms with Gasteiger partial charge in [0, 0.05) is 22.6 Å². The minimum atomic E-state index is -0.614. The van der Waals surface area contributed by atoms with Gasteiger partial charge < -0.3 is 19.2 Å². The van der Waals surface area contributed by atoms with Gasteiger partial charge in [0.15, 0.2) is 0 Å². The van der Waals surface area contributed by atoms with Crippen LogP contribution in [0.1, 0.15) is 27.0 Å². The fourth-order valence-corrected chi connectivity index (χ4v) is 2.81. The molecule has 150 valence electrons. The Morgan fingerprint density at radius 2 is 1.72 bits per heavy atom. The Balaban J connectivity index is 1.62. The Bertz CT molecular complexity index is 1110. The van der Waals surface area contributed by atoms with E-state index in [1.54, 1.807) is 30.3 Å². The van der Waals surface area contributed by atoms with Crippen molar-refractivity contribution in [1.82, 2.24) is 5.32 Å². The van der Waals surface area contributed by atoms with Crippen molar-refractivity contribution in [3.63, 3.8) is 0 Å². The molecule has 0 saturated heterocycles. The van der Waals surface area contributed by atoms with Gasteiger partial charge in [-0.05, 0) is 61.4 Å². The first-order valence-corrected chi connectivity index (χ1v) is 8.99. The molecule has 7 nitrogen and oxygen atoms in total. The summed E-state index contributed by atoms with van der Waals surface area (Å²) in [6.45, 7) is 3.49.